The molecular formula is C17H16ClNO5S. The Bertz CT molecular complexity index is 855. The number of sulfonamides is 1. The van der Waals surface area contributed by atoms with Gasteiger partial charge in [-0.1, -0.05) is 30.3 Å². The van der Waals surface area contributed by atoms with E-state index < -0.39 is 16.0 Å². The molecule has 0 aliphatic carbocycles. The van der Waals surface area contributed by atoms with Gasteiger partial charge in [0.25, 0.3) is 0 Å². The number of ether oxygens (including phenoxy) is 1. The molecule has 0 radical (unpaired) electrons. The average molecular weight is 382 g/mol. The smallest absolute Gasteiger partial charge is 0.331 e. The number of carbonyl (C=O) groups excluding carboxylic acids is 1. The molecule has 0 saturated carbocycles. The molecule has 0 amide bonds. The Morgan fingerprint density at radius 2 is 2.00 bits per heavy atom. The van der Waals surface area contributed by atoms with Gasteiger partial charge in [0.05, 0.1) is 17.7 Å². The molecule has 0 bridgehead atoms. The van der Waals surface area contributed by atoms with Crippen LogP contribution in [0.25, 0.3) is 6.08 Å². The number of nitrogens with one attached hydrogen (secondary N) is 1. The highest BCUT2D eigenvalue weighted by atomic mass is 35.5. The predicted octanol–water partition coefficient (Wildman–Crippen LogP) is 3.07. The van der Waals surface area contributed by atoms with Crippen molar-refractivity contribution in [2.75, 3.05) is 6.61 Å². The molecule has 25 heavy (non-hydrogen) atoms. The number of hydrogen-bond acceptors (Lipinski definition) is 5. The van der Waals surface area contributed by atoms with Crippen molar-refractivity contribution >= 4 is 33.7 Å². The summed E-state index contributed by atoms with van der Waals surface area (Å²) >= 11 is 5.49. The highest BCUT2D eigenvalue weighted by Crippen LogP contribution is 2.13. The third-order valence-electron chi connectivity index (χ3n) is 2.99. The fourth-order valence-corrected chi connectivity index (χ4v) is 2.83. The molecule has 0 spiro atoms. The number of carbonyl (C=O) groups is 1. The molecule has 6 nitrogen and oxygen atoms in total. The van der Waals surface area contributed by atoms with Crippen LogP contribution in [-0.4, -0.2) is 21.0 Å². The summed E-state index contributed by atoms with van der Waals surface area (Å²) < 4.78 is 36.7. The van der Waals surface area contributed by atoms with Gasteiger partial charge in [-0.25, -0.2) is 17.9 Å². The van der Waals surface area contributed by atoms with E-state index in [1.165, 1.54) is 30.5 Å². The molecule has 0 atom stereocenters. The van der Waals surface area contributed by atoms with Gasteiger partial charge in [-0.2, -0.15) is 0 Å². The molecule has 8 heteroatoms. The van der Waals surface area contributed by atoms with Crippen LogP contribution < -0.4 is 4.72 Å². The maximum atomic E-state index is 12.2. The molecule has 1 heterocycles. The van der Waals surface area contributed by atoms with Crippen molar-refractivity contribution in [2.24, 2.45) is 0 Å². The Hall–Kier alpha value is -2.35. The van der Waals surface area contributed by atoms with Crippen molar-refractivity contribution in [1.82, 2.24) is 4.72 Å². The van der Waals surface area contributed by atoms with Crippen LogP contribution in [0.5, 0.6) is 0 Å². The van der Waals surface area contributed by atoms with Gasteiger partial charge in [-0.15, -0.1) is 0 Å². The minimum Gasteiger partial charge on any atom is -0.468 e. The number of esters is 1. The van der Waals surface area contributed by atoms with Crippen molar-refractivity contribution in [3.63, 3.8) is 0 Å². The number of furan rings is 1. The number of benzene rings is 1. The summed E-state index contributed by atoms with van der Waals surface area (Å²) in [4.78, 5) is 11.5. The van der Waals surface area contributed by atoms with Crippen molar-refractivity contribution in [1.29, 1.82) is 0 Å². The Labute approximate surface area is 150 Å². The molecule has 2 aromatic rings. The largest absolute Gasteiger partial charge is 0.468 e. The lowest BCUT2D eigenvalue weighted by atomic mass is 10.2. The second-order valence-electron chi connectivity index (χ2n) is 4.93. The fraction of sp³-hybridized carbons (Fsp3) is 0.118. The standard InChI is InChI=1S/C17H16ClNO5S/c1-13(18)12-24-17(20)9-6-14-4-7-16(8-5-14)25(21,22)19-11-15-3-2-10-23-15/h2-10,19H,1,11-12H2/b9-6+. The Morgan fingerprint density at radius 3 is 2.60 bits per heavy atom. The molecule has 0 unspecified atom stereocenters. The van der Waals surface area contributed by atoms with Crippen LogP contribution in [0.1, 0.15) is 11.3 Å². The zero-order valence-electron chi connectivity index (χ0n) is 13.1. The zero-order chi connectivity index (χ0) is 18.3. The van der Waals surface area contributed by atoms with Gasteiger partial charge in [0.15, 0.2) is 0 Å². The van der Waals surface area contributed by atoms with Gasteiger partial charge in [-0.05, 0) is 35.9 Å². The van der Waals surface area contributed by atoms with E-state index in [-0.39, 0.29) is 23.1 Å². The minimum absolute atomic E-state index is 0.0642. The first-order valence-electron chi connectivity index (χ1n) is 7.17. The van der Waals surface area contributed by atoms with Crippen molar-refractivity contribution in [2.45, 2.75) is 11.4 Å². The minimum atomic E-state index is -3.65. The molecule has 0 aliphatic rings. The van der Waals surface area contributed by atoms with Crippen LogP contribution in [-0.2, 0) is 26.1 Å². The average Bonchev–Trinajstić information content (AvgIpc) is 3.10. The van der Waals surface area contributed by atoms with E-state index in [1.54, 1.807) is 24.3 Å². The van der Waals surface area contributed by atoms with E-state index in [9.17, 15) is 13.2 Å². The normalized spacial score (nSPS) is 11.6. The fourth-order valence-electron chi connectivity index (χ4n) is 1.78. The second kappa shape index (κ2) is 8.66. The molecule has 132 valence electrons. The molecule has 1 aromatic heterocycles. The summed E-state index contributed by atoms with van der Waals surface area (Å²) in [5.74, 6) is -0.0557. The monoisotopic (exact) mass is 381 g/mol. The number of halogens is 1. The maximum absolute atomic E-state index is 12.2. The third kappa shape index (κ3) is 6.22. The molecule has 0 aliphatic heterocycles. The quantitative estimate of drug-likeness (QED) is 0.561. The first-order chi connectivity index (χ1) is 11.9. The van der Waals surface area contributed by atoms with Gasteiger partial charge in [0.1, 0.15) is 12.4 Å². The first-order valence-corrected chi connectivity index (χ1v) is 9.03. The van der Waals surface area contributed by atoms with E-state index >= 15 is 0 Å². The SMILES string of the molecule is C=C(Cl)COC(=O)/C=C/c1ccc(S(=O)(=O)NCc2ccco2)cc1. The van der Waals surface area contributed by atoms with Crippen LogP contribution in [0.3, 0.4) is 0 Å². The van der Waals surface area contributed by atoms with Crippen molar-refractivity contribution in [3.8, 4) is 0 Å². The van der Waals surface area contributed by atoms with Gasteiger partial charge in [-0.3, -0.25) is 0 Å². The van der Waals surface area contributed by atoms with E-state index in [0.717, 1.165) is 0 Å². The van der Waals surface area contributed by atoms with Crippen LogP contribution in [0, 0.1) is 0 Å². The first kappa shape index (κ1) is 19.0. The van der Waals surface area contributed by atoms with Crippen molar-refractivity contribution < 1.29 is 22.4 Å². The highest BCUT2D eigenvalue weighted by molar-refractivity contribution is 7.89. The second-order valence-corrected chi connectivity index (χ2v) is 7.23. The molecule has 1 N–H and O–H groups in total. The van der Waals surface area contributed by atoms with Gasteiger partial charge in [0, 0.05) is 11.1 Å². The Balaban J connectivity index is 1.96. The maximum Gasteiger partial charge on any atom is 0.331 e. The molecule has 0 saturated heterocycles. The summed E-state index contributed by atoms with van der Waals surface area (Å²) in [6, 6.07) is 9.39. The van der Waals surface area contributed by atoms with Crippen molar-refractivity contribution in [3.05, 3.63) is 71.7 Å². The summed E-state index contributed by atoms with van der Waals surface area (Å²) in [6.45, 7) is 3.40. The molecule has 0 fully saturated rings. The third-order valence-corrected chi connectivity index (χ3v) is 4.52. The lowest BCUT2D eigenvalue weighted by Gasteiger charge is -2.05. The summed E-state index contributed by atoms with van der Waals surface area (Å²) in [7, 11) is -3.65. The van der Waals surface area contributed by atoms with Crippen LogP contribution in [0.15, 0.2) is 69.7 Å². The van der Waals surface area contributed by atoms with Gasteiger partial charge < -0.3 is 9.15 Å². The Morgan fingerprint density at radius 1 is 1.28 bits per heavy atom. The zero-order valence-corrected chi connectivity index (χ0v) is 14.7. The topological polar surface area (TPSA) is 85.6 Å². The van der Waals surface area contributed by atoms with Gasteiger partial charge in [0.2, 0.25) is 10.0 Å². The van der Waals surface area contributed by atoms with E-state index in [4.69, 9.17) is 20.8 Å². The van der Waals surface area contributed by atoms with Crippen LogP contribution in [0.2, 0.25) is 0 Å². The molecule has 2 rings (SSSR count). The number of rotatable bonds is 8. The predicted molar refractivity (Wildman–Crippen MR) is 94.2 cm³/mol. The number of hydrogen-bond donors (Lipinski definition) is 1. The highest BCUT2D eigenvalue weighted by Gasteiger charge is 2.13. The lowest BCUT2D eigenvalue weighted by Crippen LogP contribution is -2.22. The van der Waals surface area contributed by atoms with Crippen LogP contribution in [0.4, 0.5) is 0 Å². The Kier molecular flexibility index (Phi) is 6.58. The van der Waals surface area contributed by atoms with E-state index in [1.807, 2.05) is 0 Å². The summed E-state index contributed by atoms with van der Waals surface area (Å²) in [5.41, 5.74) is 0.645. The van der Waals surface area contributed by atoms with Gasteiger partial charge >= 0.3 is 5.97 Å². The summed E-state index contributed by atoms with van der Waals surface area (Å²) in [5, 5.41) is 0.221. The van der Waals surface area contributed by atoms with E-state index in [0.29, 0.717) is 11.3 Å². The molecule has 1 aromatic carbocycles. The van der Waals surface area contributed by atoms with Crippen LogP contribution >= 0.6 is 11.6 Å². The lowest BCUT2D eigenvalue weighted by molar-refractivity contribution is -0.136. The molecular weight excluding hydrogens is 366 g/mol. The summed E-state index contributed by atoms with van der Waals surface area (Å²) in [6.07, 6.45) is 4.20. The van der Waals surface area contributed by atoms with E-state index in [2.05, 4.69) is 11.3 Å².